The van der Waals surface area contributed by atoms with Gasteiger partial charge in [-0.2, -0.15) is 0 Å². The number of thiazole rings is 2. The zero-order valence-electron chi connectivity index (χ0n) is 22.3. The summed E-state index contributed by atoms with van der Waals surface area (Å²) in [5, 5.41) is 8.12. The molecule has 0 bridgehead atoms. The van der Waals surface area contributed by atoms with Crippen molar-refractivity contribution >= 4 is 65.2 Å². The van der Waals surface area contributed by atoms with Gasteiger partial charge in [-0.15, -0.1) is 0 Å². The monoisotopic (exact) mass is 555 g/mol. The Morgan fingerprint density at radius 3 is 2.24 bits per heavy atom. The molecule has 1 aromatic carbocycles. The van der Waals surface area contributed by atoms with Crippen LogP contribution in [-0.2, 0) is 9.59 Å². The third-order valence-electron chi connectivity index (χ3n) is 8.31. The van der Waals surface area contributed by atoms with Crippen LogP contribution in [0.1, 0.15) is 51.0 Å². The predicted molar refractivity (Wildman–Crippen MR) is 155 cm³/mol. The van der Waals surface area contributed by atoms with Crippen LogP contribution in [0.3, 0.4) is 0 Å². The molecule has 38 heavy (non-hydrogen) atoms. The zero-order chi connectivity index (χ0) is 26.2. The minimum absolute atomic E-state index is 0.141. The molecule has 204 valence electrons. The Hall–Kier alpha value is -2.50. The Labute approximate surface area is 231 Å². The Balaban J connectivity index is 1.07. The predicted octanol–water partition coefficient (Wildman–Crippen LogP) is 4.14. The van der Waals surface area contributed by atoms with Crippen LogP contribution in [0.25, 0.3) is 20.4 Å². The van der Waals surface area contributed by atoms with E-state index in [-0.39, 0.29) is 24.4 Å². The molecule has 2 amide bonds. The van der Waals surface area contributed by atoms with E-state index in [1.54, 1.807) is 22.7 Å². The molecule has 3 fully saturated rings. The van der Waals surface area contributed by atoms with Crippen molar-refractivity contribution in [3.8, 4) is 0 Å². The van der Waals surface area contributed by atoms with Gasteiger partial charge in [0.2, 0.25) is 11.8 Å². The number of aryl methyl sites for hydroxylation is 1. The quantitative estimate of drug-likeness (QED) is 0.453. The molecule has 9 nitrogen and oxygen atoms in total. The number of carbonyl (C=O) groups excluding carboxylic acids is 2. The van der Waals surface area contributed by atoms with Gasteiger partial charge < -0.3 is 20.4 Å². The van der Waals surface area contributed by atoms with Gasteiger partial charge in [0.25, 0.3) is 0 Å². The van der Waals surface area contributed by atoms with Gasteiger partial charge in [0.05, 0.1) is 27.0 Å². The summed E-state index contributed by atoms with van der Waals surface area (Å²) in [6.07, 6.45) is 7.50. The average molecular weight is 556 g/mol. The van der Waals surface area contributed by atoms with E-state index in [9.17, 15) is 9.59 Å². The highest BCUT2D eigenvalue weighted by atomic mass is 32.1. The Bertz CT molecular complexity index is 1320. The van der Waals surface area contributed by atoms with Gasteiger partial charge in [0.1, 0.15) is 6.04 Å². The van der Waals surface area contributed by atoms with E-state index in [2.05, 4.69) is 21.6 Å². The van der Waals surface area contributed by atoms with E-state index in [1.807, 2.05) is 23.6 Å². The van der Waals surface area contributed by atoms with Gasteiger partial charge in [-0.05, 0) is 45.6 Å². The normalized spacial score (nSPS) is 20.1. The lowest BCUT2D eigenvalue weighted by atomic mass is 10.2. The largest absolute Gasteiger partial charge is 0.352 e. The third kappa shape index (κ3) is 5.20. The molecule has 0 radical (unpaired) electrons. The molecule has 1 atom stereocenters. The van der Waals surface area contributed by atoms with Crippen molar-refractivity contribution in [3.05, 3.63) is 11.6 Å². The summed E-state index contributed by atoms with van der Waals surface area (Å²) in [4.78, 5) is 41.7. The van der Waals surface area contributed by atoms with Crippen LogP contribution in [0.5, 0.6) is 0 Å². The third-order valence-corrected chi connectivity index (χ3v) is 10.2. The first-order chi connectivity index (χ1) is 18.5. The average Bonchev–Trinajstić information content (AvgIpc) is 3.73. The highest BCUT2D eigenvalue weighted by Gasteiger charge is 2.28. The SMILES string of the molecule is Cc1c2nc(NCC(=O)N3CCN(C4CCCC4)CC3)sc2cc2sc(NC(C)C(=O)N3CCCC3)nc12. The van der Waals surface area contributed by atoms with E-state index in [0.29, 0.717) is 0 Å². The molecule has 0 spiro atoms. The molecule has 1 saturated carbocycles. The summed E-state index contributed by atoms with van der Waals surface area (Å²) in [5.41, 5.74) is 2.86. The van der Waals surface area contributed by atoms with Crippen molar-refractivity contribution < 1.29 is 9.59 Å². The lowest BCUT2D eigenvalue weighted by molar-refractivity contribution is -0.131. The summed E-state index contributed by atoms with van der Waals surface area (Å²) < 4.78 is 2.15. The van der Waals surface area contributed by atoms with Crippen LogP contribution >= 0.6 is 22.7 Å². The first-order valence-corrected chi connectivity index (χ1v) is 15.6. The topological polar surface area (TPSA) is 93.7 Å². The van der Waals surface area contributed by atoms with Gasteiger partial charge in [-0.1, -0.05) is 35.5 Å². The molecule has 1 aliphatic carbocycles. The number of aromatic nitrogens is 2. The van der Waals surface area contributed by atoms with Gasteiger partial charge in [0, 0.05) is 50.9 Å². The number of amides is 2. The molecule has 2 N–H and O–H groups in total. The van der Waals surface area contributed by atoms with E-state index < -0.39 is 0 Å². The summed E-state index contributed by atoms with van der Waals surface area (Å²) in [7, 11) is 0. The number of hydrogen-bond acceptors (Lipinski definition) is 9. The zero-order valence-corrected chi connectivity index (χ0v) is 23.9. The second-order valence-corrected chi connectivity index (χ2v) is 12.9. The van der Waals surface area contributed by atoms with Crippen LogP contribution < -0.4 is 10.6 Å². The van der Waals surface area contributed by atoms with E-state index in [4.69, 9.17) is 9.97 Å². The first-order valence-electron chi connectivity index (χ1n) is 14.0. The molecule has 2 aliphatic heterocycles. The maximum atomic E-state index is 12.9. The number of nitrogens with zero attached hydrogens (tertiary/aromatic N) is 5. The van der Waals surface area contributed by atoms with Crippen LogP contribution in [-0.4, -0.2) is 94.4 Å². The smallest absolute Gasteiger partial charge is 0.244 e. The fourth-order valence-electron chi connectivity index (χ4n) is 6.09. The molecule has 3 aliphatic rings. The van der Waals surface area contributed by atoms with Crippen LogP contribution in [0, 0.1) is 6.92 Å². The van der Waals surface area contributed by atoms with Crippen molar-refractivity contribution in [2.24, 2.45) is 0 Å². The number of piperazine rings is 1. The molecular weight excluding hydrogens is 518 g/mol. The van der Waals surface area contributed by atoms with Gasteiger partial charge in [-0.3, -0.25) is 14.5 Å². The standard InChI is InChI=1S/C27H37N7O2S2/c1-17-23-20(15-21-24(17)31-27(38-21)29-18(2)25(36)34-9-5-6-10-34)37-26(30-23)28-16-22(35)33-13-11-32(12-14-33)19-7-3-4-8-19/h15,18-19H,3-14,16H2,1-2H3,(H,28,30)(H,29,31). The van der Waals surface area contributed by atoms with Crippen molar-refractivity contribution in [3.63, 3.8) is 0 Å². The number of benzene rings is 1. The molecule has 3 aromatic rings. The van der Waals surface area contributed by atoms with E-state index >= 15 is 0 Å². The molecule has 2 aromatic heterocycles. The number of rotatable bonds is 7. The van der Waals surface area contributed by atoms with E-state index in [1.165, 1.54) is 25.7 Å². The minimum Gasteiger partial charge on any atom is -0.352 e. The maximum absolute atomic E-state index is 12.9. The Kier molecular flexibility index (Phi) is 7.41. The van der Waals surface area contributed by atoms with Gasteiger partial charge >= 0.3 is 0 Å². The number of carbonyl (C=O) groups is 2. The van der Waals surface area contributed by atoms with Crippen molar-refractivity contribution in [2.75, 3.05) is 56.4 Å². The molecule has 4 heterocycles. The molecular formula is C27H37N7O2S2. The molecule has 2 saturated heterocycles. The van der Waals surface area contributed by atoms with Gasteiger partial charge in [-0.25, -0.2) is 9.97 Å². The first kappa shape index (κ1) is 25.8. The Morgan fingerprint density at radius 2 is 1.55 bits per heavy atom. The molecule has 6 rings (SSSR count). The summed E-state index contributed by atoms with van der Waals surface area (Å²) in [6, 6.07) is 2.56. The number of anilines is 2. The van der Waals surface area contributed by atoms with Crippen LogP contribution in [0.4, 0.5) is 10.3 Å². The summed E-state index contributed by atoms with van der Waals surface area (Å²) in [5.74, 6) is 0.282. The number of hydrogen-bond donors (Lipinski definition) is 2. The second-order valence-electron chi connectivity index (χ2n) is 10.8. The lowest BCUT2D eigenvalue weighted by Crippen LogP contribution is -2.52. The fourth-order valence-corrected chi connectivity index (χ4v) is 8.18. The summed E-state index contributed by atoms with van der Waals surface area (Å²) in [6.45, 7) is 9.54. The van der Waals surface area contributed by atoms with Crippen molar-refractivity contribution in [1.29, 1.82) is 0 Å². The number of likely N-dealkylation sites (tertiary alicyclic amines) is 1. The number of nitrogens with one attached hydrogen (secondary N) is 2. The van der Waals surface area contributed by atoms with Gasteiger partial charge in [0.15, 0.2) is 10.3 Å². The number of fused-ring (bicyclic) bond motifs is 2. The van der Waals surface area contributed by atoms with E-state index in [0.717, 1.165) is 94.4 Å². The van der Waals surface area contributed by atoms with Crippen LogP contribution in [0.2, 0.25) is 0 Å². The van der Waals surface area contributed by atoms with Crippen LogP contribution in [0.15, 0.2) is 6.07 Å². The molecule has 1 unspecified atom stereocenters. The fraction of sp³-hybridized carbons (Fsp3) is 0.630. The van der Waals surface area contributed by atoms with Crippen molar-refractivity contribution in [2.45, 2.75) is 64.5 Å². The highest BCUT2D eigenvalue weighted by molar-refractivity contribution is 7.24. The maximum Gasteiger partial charge on any atom is 0.244 e. The highest BCUT2D eigenvalue weighted by Crippen LogP contribution is 2.37. The second kappa shape index (κ2) is 10.9. The summed E-state index contributed by atoms with van der Waals surface area (Å²) >= 11 is 3.14. The minimum atomic E-state index is -0.299. The lowest BCUT2D eigenvalue weighted by Gasteiger charge is -2.38. The van der Waals surface area contributed by atoms with Crippen molar-refractivity contribution in [1.82, 2.24) is 24.7 Å². The Morgan fingerprint density at radius 1 is 0.921 bits per heavy atom. The molecule has 11 heteroatoms.